The molecule has 7 heteroatoms. The van der Waals surface area contributed by atoms with E-state index in [0.717, 1.165) is 25.9 Å². The highest BCUT2D eigenvalue weighted by atomic mass is 16.5. The Kier molecular flexibility index (Phi) is 5.66. The van der Waals surface area contributed by atoms with Crippen molar-refractivity contribution in [3.8, 4) is 0 Å². The molecule has 1 unspecified atom stereocenters. The predicted octanol–water partition coefficient (Wildman–Crippen LogP) is 3.04. The van der Waals surface area contributed by atoms with Gasteiger partial charge >= 0.3 is 0 Å². The van der Waals surface area contributed by atoms with Crippen molar-refractivity contribution in [2.45, 2.75) is 32.8 Å². The zero-order valence-corrected chi connectivity index (χ0v) is 19.2. The Hall–Kier alpha value is -3.19. The lowest BCUT2D eigenvalue weighted by atomic mass is 10.0. The van der Waals surface area contributed by atoms with Gasteiger partial charge < -0.3 is 14.5 Å². The molecule has 2 saturated heterocycles. The van der Waals surface area contributed by atoms with Gasteiger partial charge in [0.15, 0.2) is 0 Å². The highest BCUT2D eigenvalue weighted by Crippen LogP contribution is 2.28. The Labute approximate surface area is 193 Å². The van der Waals surface area contributed by atoms with Crippen molar-refractivity contribution < 1.29 is 19.1 Å². The monoisotopic (exact) mass is 447 g/mol. The molecule has 2 aromatic rings. The van der Waals surface area contributed by atoms with Crippen LogP contribution < -0.4 is 4.90 Å². The molecule has 1 atom stereocenters. The third-order valence-corrected chi connectivity index (χ3v) is 7.11. The molecular weight excluding hydrogens is 418 g/mol. The molecule has 0 saturated carbocycles. The Bertz CT molecular complexity index is 1110. The molecule has 0 aromatic heterocycles. The zero-order valence-electron chi connectivity index (χ0n) is 19.2. The van der Waals surface area contributed by atoms with E-state index in [2.05, 4.69) is 36.9 Å². The first-order valence-corrected chi connectivity index (χ1v) is 11.7. The molecule has 7 nitrogen and oxygen atoms in total. The molecule has 0 N–H and O–H groups in total. The largest absolute Gasteiger partial charge is 0.376 e. The number of amides is 3. The molecule has 2 fully saturated rings. The smallest absolute Gasteiger partial charge is 0.261 e. The highest BCUT2D eigenvalue weighted by molar-refractivity contribution is 6.22. The van der Waals surface area contributed by atoms with Crippen LogP contribution in [0.3, 0.4) is 0 Å². The average Bonchev–Trinajstić information content (AvgIpc) is 3.43. The van der Waals surface area contributed by atoms with Gasteiger partial charge in [0.05, 0.1) is 23.8 Å². The van der Waals surface area contributed by atoms with Crippen molar-refractivity contribution in [2.24, 2.45) is 0 Å². The van der Waals surface area contributed by atoms with Crippen molar-refractivity contribution in [3.63, 3.8) is 0 Å². The van der Waals surface area contributed by atoms with Gasteiger partial charge in [0, 0.05) is 44.0 Å². The molecule has 0 spiro atoms. The number of imide groups is 1. The minimum absolute atomic E-state index is 0.0957. The van der Waals surface area contributed by atoms with Crippen LogP contribution in [0.2, 0.25) is 0 Å². The lowest BCUT2D eigenvalue weighted by Crippen LogP contribution is -2.49. The summed E-state index contributed by atoms with van der Waals surface area (Å²) >= 11 is 0. The third-order valence-electron chi connectivity index (χ3n) is 7.11. The number of carbonyl (C=O) groups is 3. The van der Waals surface area contributed by atoms with Crippen LogP contribution in [0.15, 0.2) is 36.4 Å². The number of nitrogens with zero attached hydrogens (tertiary/aromatic N) is 3. The van der Waals surface area contributed by atoms with Crippen molar-refractivity contribution >= 4 is 23.4 Å². The molecule has 3 heterocycles. The summed E-state index contributed by atoms with van der Waals surface area (Å²) in [5.74, 6) is -0.734. The lowest BCUT2D eigenvalue weighted by Gasteiger charge is -2.37. The van der Waals surface area contributed by atoms with Crippen LogP contribution in [-0.2, 0) is 4.74 Å². The number of rotatable bonds is 4. The quantitative estimate of drug-likeness (QED) is 0.674. The number of ether oxygens (including phenoxy) is 1. The fourth-order valence-electron chi connectivity index (χ4n) is 4.99. The van der Waals surface area contributed by atoms with Crippen LogP contribution in [-0.4, -0.2) is 73.0 Å². The number of carbonyl (C=O) groups excluding carboxylic acids is 3. The van der Waals surface area contributed by atoms with Crippen molar-refractivity contribution in [1.82, 2.24) is 9.80 Å². The van der Waals surface area contributed by atoms with Crippen molar-refractivity contribution in [2.75, 3.05) is 44.2 Å². The third kappa shape index (κ3) is 3.91. The van der Waals surface area contributed by atoms with Crippen molar-refractivity contribution in [3.05, 3.63) is 64.2 Å². The molecule has 172 valence electrons. The van der Waals surface area contributed by atoms with Crippen LogP contribution in [0, 0.1) is 13.8 Å². The van der Waals surface area contributed by atoms with Crippen LogP contribution in [0.4, 0.5) is 5.69 Å². The summed E-state index contributed by atoms with van der Waals surface area (Å²) < 4.78 is 5.60. The minimum atomic E-state index is -0.333. The van der Waals surface area contributed by atoms with E-state index in [4.69, 9.17) is 4.74 Å². The molecular formula is C26H29N3O4. The molecule has 0 bridgehead atoms. The van der Waals surface area contributed by atoms with Crippen LogP contribution in [0.25, 0.3) is 0 Å². The molecule has 0 aliphatic carbocycles. The van der Waals surface area contributed by atoms with Crippen molar-refractivity contribution in [1.29, 1.82) is 0 Å². The van der Waals surface area contributed by atoms with Crippen LogP contribution in [0.1, 0.15) is 55.0 Å². The lowest BCUT2D eigenvalue weighted by molar-refractivity contribution is 0.0475. The summed E-state index contributed by atoms with van der Waals surface area (Å²) in [6, 6.07) is 11.2. The second kappa shape index (κ2) is 8.63. The van der Waals surface area contributed by atoms with E-state index in [1.807, 2.05) is 4.90 Å². The maximum absolute atomic E-state index is 13.2. The highest BCUT2D eigenvalue weighted by Gasteiger charge is 2.38. The number of hydrogen-bond donors (Lipinski definition) is 0. The van der Waals surface area contributed by atoms with Gasteiger partial charge in [-0.1, -0.05) is 12.1 Å². The summed E-state index contributed by atoms with van der Waals surface area (Å²) in [7, 11) is 0. The number of piperazine rings is 1. The standard InChI is InChI=1S/C26H29N3O4/c1-17-5-3-7-23(18(17)2)27-10-12-28(13-11-27)24(30)19-8-9-21-22(15-19)26(32)29(25(21)31)16-20-6-4-14-33-20/h3,5,7-9,15,20H,4,6,10-14,16H2,1-2H3. The van der Waals surface area contributed by atoms with E-state index < -0.39 is 0 Å². The number of fused-ring (bicyclic) bond motifs is 1. The maximum Gasteiger partial charge on any atom is 0.261 e. The SMILES string of the molecule is Cc1cccc(N2CCN(C(=O)c3ccc4c(c3)C(=O)N(CC3CCCO3)C4=O)CC2)c1C. The van der Waals surface area contributed by atoms with E-state index in [1.54, 1.807) is 18.2 Å². The van der Waals surface area contributed by atoms with E-state index in [9.17, 15) is 14.4 Å². The molecule has 33 heavy (non-hydrogen) atoms. The van der Waals surface area contributed by atoms with Gasteiger partial charge in [-0.3, -0.25) is 19.3 Å². The topological polar surface area (TPSA) is 70.2 Å². The van der Waals surface area contributed by atoms with E-state index in [0.29, 0.717) is 36.4 Å². The predicted molar refractivity (Wildman–Crippen MR) is 125 cm³/mol. The van der Waals surface area contributed by atoms with Gasteiger partial charge in [0.1, 0.15) is 0 Å². The Morgan fingerprint density at radius 2 is 1.76 bits per heavy atom. The number of benzene rings is 2. The molecule has 2 aromatic carbocycles. The Morgan fingerprint density at radius 1 is 1.00 bits per heavy atom. The second-order valence-electron chi connectivity index (χ2n) is 9.11. The first-order valence-electron chi connectivity index (χ1n) is 11.7. The van der Waals surface area contributed by atoms with Gasteiger partial charge in [-0.25, -0.2) is 0 Å². The Balaban J connectivity index is 1.27. The van der Waals surface area contributed by atoms with Crippen LogP contribution >= 0.6 is 0 Å². The van der Waals surface area contributed by atoms with E-state index >= 15 is 0 Å². The van der Waals surface area contributed by atoms with Gasteiger partial charge in [-0.2, -0.15) is 0 Å². The minimum Gasteiger partial charge on any atom is -0.376 e. The summed E-state index contributed by atoms with van der Waals surface area (Å²) in [6.45, 7) is 7.93. The van der Waals surface area contributed by atoms with Crippen LogP contribution in [0.5, 0.6) is 0 Å². The number of hydrogen-bond acceptors (Lipinski definition) is 5. The fraction of sp³-hybridized carbons (Fsp3) is 0.423. The number of anilines is 1. The Morgan fingerprint density at radius 3 is 2.48 bits per heavy atom. The number of aryl methyl sites for hydroxylation is 1. The summed E-state index contributed by atoms with van der Waals surface area (Å²) in [4.78, 5) is 44.3. The van der Waals surface area contributed by atoms with E-state index in [1.165, 1.54) is 21.7 Å². The zero-order chi connectivity index (χ0) is 23.1. The first kappa shape index (κ1) is 21.6. The molecule has 3 amide bonds. The van der Waals surface area contributed by atoms with Gasteiger partial charge in [-0.05, 0) is 62.1 Å². The molecule has 3 aliphatic rings. The van der Waals surface area contributed by atoms with Gasteiger partial charge in [-0.15, -0.1) is 0 Å². The normalized spacial score (nSPS) is 20.5. The molecule has 3 aliphatic heterocycles. The van der Waals surface area contributed by atoms with Gasteiger partial charge in [0.25, 0.3) is 17.7 Å². The average molecular weight is 448 g/mol. The molecule has 5 rings (SSSR count). The first-order chi connectivity index (χ1) is 15.9. The van der Waals surface area contributed by atoms with Gasteiger partial charge in [0.2, 0.25) is 0 Å². The fourth-order valence-corrected chi connectivity index (χ4v) is 4.99. The van der Waals surface area contributed by atoms with E-state index in [-0.39, 0.29) is 30.4 Å². The summed E-state index contributed by atoms with van der Waals surface area (Å²) in [5.41, 5.74) is 4.89. The second-order valence-corrected chi connectivity index (χ2v) is 9.11. The summed E-state index contributed by atoms with van der Waals surface area (Å²) in [5, 5.41) is 0. The molecule has 0 radical (unpaired) electrons. The maximum atomic E-state index is 13.2. The summed E-state index contributed by atoms with van der Waals surface area (Å²) in [6.07, 6.45) is 1.70.